The average molecular weight is 380 g/mol. The Morgan fingerprint density at radius 3 is 2.59 bits per heavy atom. The second kappa shape index (κ2) is 8.12. The van der Waals surface area contributed by atoms with Crippen molar-refractivity contribution in [3.63, 3.8) is 0 Å². The number of halogens is 3. The number of aromatic nitrogens is 2. The lowest BCUT2D eigenvalue weighted by Gasteiger charge is -2.31. The maximum Gasteiger partial charge on any atom is 0.418 e. The first-order chi connectivity index (χ1) is 12.8. The average Bonchev–Trinajstić information content (AvgIpc) is 3.01. The lowest BCUT2D eigenvalue weighted by Crippen LogP contribution is -2.40. The van der Waals surface area contributed by atoms with E-state index in [1.807, 2.05) is 18.0 Å². The van der Waals surface area contributed by atoms with E-state index in [1.54, 1.807) is 6.20 Å². The number of hydrogen-bond acceptors (Lipinski definition) is 3. The van der Waals surface area contributed by atoms with Gasteiger partial charge in [0.15, 0.2) is 0 Å². The summed E-state index contributed by atoms with van der Waals surface area (Å²) in [4.78, 5) is 18.4. The Hall–Kier alpha value is -2.35. The Kier molecular flexibility index (Phi) is 5.84. The second-order valence-corrected chi connectivity index (χ2v) is 6.94. The molecule has 0 atom stereocenters. The van der Waals surface area contributed by atoms with E-state index >= 15 is 0 Å². The molecule has 1 aliphatic heterocycles. The van der Waals surface area contributed by atoms with E-state index in [9.17, 15) is 18.0 Å². The third-order valence-electron chi connectivity index (χ3n) is 4.96. The van der Waals surface area contributed by atoms with Crippen molar-refractivity contribution in [2.24, 2.45) is 5.92 Å². The van der Waals surface area contributed by atoms with Gasteiger partial charge >= 0.3 is 6.18 Å². The van der Waals surface area contributed by atoms with Crippen LogP contribution in [0.1, 0.15) is 24.2 Å². The number of likely N-dealkylation sites (tertiary alicyclic amines) is 1. The number of aryl methyl sites for hydroxylation is 1. The van der Waals surface area contributed by atoms with Crippen molar-refractivity contribution < 1.29 is 18.0 Å². The fourth-order valence-electron chi connectivity index (χ4n) is 3.43. The first-order valence-corrected chi connectivity index (χ1v) is 8.99. The van der Waals surface area contributed by atoms with Gasteiger partial charge in [-0.1, -0.05) is 12.1 Å². The third-order valence-corrected chi connectivity index (χ3v) is 4.96. The number of anilines is 1. The number of alkyl halides is 3. The van der Waals surface area contributed by atoms with E-state index in [2.05, 4.69) is 14.9 Å². The van der Waals surface area contributed by atoms with Crippen molar-refractivity contribution in [1.82, 2.24) is 14.5 Å². The molecule has 2 heterocycles. The molecule has 0 spiro atoms. The Bertz CT molecular complexity index is 779. The normalized spacial score (nSPS) is 16.4. The first-order valence-electron chi connectivity index (χ1n) is 8.99. The number of rotatable bonds is 5. The van der Waals surface area contributed by atoms with Gasteiger partial charge in [-0.2, -0.15) is 13.2 Å². The molecule has 1 N–H and O–H groups in total. The lowest BCUT2D eigenvalue weighted by atomic mass is 9.96. The van der Waals surface area contributed by atoms with Crippen molar-refractivity contribution in [3.8, 4) is 0 Å². The highest BCUT2D eigenvalue weighted by Crippen LogP contribution is 2.34. The summed E-state index contributed by atoms with van der Waals surface area (Å²) in [5.74, 6) is 1.08. The number of para-hydroxylation sites is 1. The Labute approximate surface area is 156 Å². The molecule has 1 amide bonds. The number of benzene rings is 1. The minimum atomic E-state index is -4.49. The highest BCUT2D eigenvalue weighted by Gasteiger charge is 2.33. The van der Waals surface area contributed by atoms with Crippen LogP contribution < -0.4 is 5.32 Å². The predicted molar refractivity (Wildman–Crippen MR) is 96.2 cm³/mol. The molecule has 1 aromatic carbocycles. The summed E-state index contributed by atoms with van der Waals surface area (Å²) in [6, 6.07) is 5.04. The SMILES string of the molecule is Cc1nccn1CC1CCN(CC(=O)Nc2ccccc2C(F)(F)F)CC1. The van der Waals surface area contributed by atoms with E-state index in [0.717, 1.165) is 44.4 Å². The molecule has 8 heteroatoms. The number of hydrogen-bond donors (Lipinski definition) is 1. The van der Waals surface area contributed by atoms with Gasteiger partial charge in [0.05, 0.1) is 17.8 Å². The fourth-order valence-corrected chi connectivity index (χ4v) is 3.43. The van der Waals surface area contributed by atoms with Gasteiger partial charge in [0.1, 0.15) is 5.82 Å². The van der Waals surface area contributed by atoms with Gasteiger partial charge in [-0.15, -0.1) is 0 Å². The van der Waals surface area contributed by atoms with Crippen molar-refractivity contribution in [2.75, 3.05) is 25.0 Å². The predicted octanol–water partition coefficient (Wildman–Crippen LogP) is 3.56. The molecule has 1 aliphatic rings. The van der Waals surface area contributed by atoms with Gasteiger partial charge < -0.3 is 9.88 Å². The summed E-state index contributed by atoms with van der Waals surface area (Å²) in [6.07, 6.45) is 1.16. The number of nitrogens with one attached hydrogen (secondary N) is 1. The molecular formula is C19H23F3N4O. The quantitative estimate of drug-likeness (QED) is 0.863. The minimum absolute atomic E-state index is 0.100. The van der Waals surface area contributed by atoms with E-state index in [4.69, 9.17) is 0 Å². The van der Waals surface area contributed by atoms with Gasteiger partial charge in [0.2, 0.25) is 5.91 Å². The number of amides is 1. The number of piperidine rings is 1. The molecule has 1 aromatic heterocycles. The number of imidazole rings is 1. The van der Waals surface area contributed by atoms with Crippen LogP contribution >= 0.6 is 0 Å². The van der Waals surface area contributed by atoms with Crippen LogP contribution in [0.4, 0.5) is 18.9 Å². The zero-order valence-corrected chi connectivity index (χ0v) is 15.2. The molecular weight excluding hydrogens is 357 g/mol. The van der Waals surface area contributed by atoms with Crippen molar-refractivity contribution in [2.45, 2.75) is 32.5 Å². The molecule has 27 heavy (non-hydrogen) atoms. The monoisotopic (exact) mass is 380 g/mol. The first kappa shape index (κ1) is 19.4. The van der Waals surface area contributed by atoms with Crippen LogP contribution in [0.15, 0.2) is 36.7 Å². The third kappa shape index (κ3) is 5.09. The Morgan fingerprint density at radius 1 is 1.26 bits per heavy atom. The van der Waals surface area contributed by atoms with Gasteiger partial charge in [0.25, 0.3) is 0 Å². The molecule has 0 unspecified atom stereocenters. The highest BCUT2D eigenvalue weighted by atomic mass is 19.4. The summed E-state index contributed by atoms with van der Waals surface area (Å²) >= 11 is 0. The van der Waals surface area contributed by atoms with Gasteiger partial charge in [-0.3, -0.25) is 9.69 Å². The maximum absolute atomic E-state index is 13.0. The van der Waals surface area contributed by atoms with Crippen molar-refractivity contribution in [3.05, 3.63) is 48.0 Å². The second-order valence-electron chi connectivity index (χ2n) is 6.94. The Balaban J connectivity index is 1.50. The molecule has 1 fully saturated rings. The van der Waals surface area contributed by atoms with E-state index in [1.165, 1.54) is 18.2 Å². The molecule has 0 aliphatic carbocycles. The van der Waals surface area contributed by atoms with Gasteiger partial charge in [0, 0.05) is 18.9 Å². The maximum atomic E-state index is 13.0. The summed E-state index contributed by atoms with van der Waals surface area (Å²) in [5, 5.41) is 2.41. The molecule has 5 nitrogen and oxygen atoms in total. The van der Waals surface area contributed by atoms with Crippen LogP contribution in [0.25, 0.3) is 0 Å². The molecule has 146 valence electrons. The topological polar surface area (TPSA) is 50.2 Å². The van der Waals surface area contributed by atoms with Crippen molar-refractivity contribution >= 4 is 11.6 Å². The van der Waals surface area contributed by atoms with Crippen LogP contribution in [0.2, 0.25) is 0 Å². The van der Waals surface area contributed by atoms with Crippen LogP contribution in [-0.4, -0.2) is 40.0 Å². The van der Waals surface area contributed by atoms with Crippen LogP contribution in [0, 0.1) is 12.8 Å². The summed E-state index contributed by atoms with van der Waals surface area (Å²) < 4.78 is 41.2. The van der Waals surface area contributed by atoms with E-state index in [0.29, 0.717) is 5.92 Å². The number of carbonyl (C=O) groups excluding carboxylic acids is 1. The largest absolute Gasteiger partial charge is 0.418 e. The molecule has 3 rings (SSSR count). The lowest BCUT2D eigenvalue weighted by molar-refractivity contribution is -0.137. The zero-order valence-electron chi connectivity index (χ0n) is 15.2. The van der Waals surface area contributed by atoms with Crippen LogP contribution in [0.3, 0.4) is 0 Å². The standard InChI is InChI=1S/C19H23F3N4O/c1-14-23-8-11-26(14)12-15-6-9-25(10-7-15)13-18(27)24-17-5-3-2-4-16(17)19(20,21)22/h2-5,8,11,15H,6-7,9-10,12-13H2,1H3,(H,24,27). The number of carbonyl (C=O) groups is 1. The molecule has 2 aromatic rings. The highest BCUT2D eigenvalue weighted by molar-refractivity contribution is 5.93. The van der Waals surface area contributed by atoms with Crippen LogP contribution in [0.5, 0.6) is 0 Å². The fraction of sp³-hybridized carbons (Fsp3) is 0.474. The zero-order chi connectivity index (χ0) is 19.4. The minimum Gasteiger partial charge on any atom is -0.335 e. The Morgan fingerprint density at radius 2 is 1.96 bits per heavy atom. The van der Waals surface area contributed by atoms with Gasteiger partial charge in [-0.25, -0.2) is 4.98 Å². The number of nitrogens with zero attached hydrogens (tertiary/aromatic N) is 3. The van der Waals surface area contributed by atoms with Crippen LogP contribution in [-0.2, 0) is 17.5 Å². The molecule has 0 saturated carbocycles. The van der Waals surface area contributed by atoms with Gasteiger partial charge in [-0.05, 0) is 50.9 Å². The summed E-state index contributed by atoms with van der Waals surface area (Å²) in [6.45, 7) is 4.49. The summed E-state index contributed by atoms with van der Waals surface area (Å²) in [5.41, 5.74) is -1.02. The molecule has 1 saturated heterocycles. The van der Waals surface area contributed by atoms with E-state index < -0.39 is 17.6 Å². The summed E-state index contributed by atoms with van der Waals surface area (Å²) in [7, 11) is 0. The van der Waals surface area contributed by atoms with Crippen molar-refractivity contribution in [1.29, 1.82) is 0 Å². The molecule has 0 radical (unpaired) electrons. The molecule has 0 bridgehead atoms. The smallest absolute Gasteiger partial charge is 0.335 e. The van der Waals surface area contributed by atoms with E-state index in [-0.39, 0.29) is 12.2 Å².